The summed E-state index contributed by atoms with van der Waals surface area (Å²) < 4.78 is 0.485. The number of carbonyl (C=O) groups excluding carboxylic acids is 2. The second kappa shape index (κ2) is 9.02. The molecule has 4 nitrogen and oxygen atoms in total. The summed E-state index contributed by atoms with van der Waals surface area (Å²) in [5, 5.41) is 3.66. The minimum atomic E-state index is -0.162. The Morgan fingerprint density at radius 1 is 1.31 bits per heavy atom. The molecular weight excluding hydrogens is 388 g/mol. The lowest BCUT2D eigenvalue weighted by Crippen LogP contribution is -2.39. The van der Waals surface area contributed by atoms with Crippen molar-refractivity contribution in [2.24, 2.45) is 0 Å². The lowest BCUT2D eigenvalue weighted by atomic mass is 9.95. The van der Waals surface area contributed by atoms with Gasteiger partial charge in [-0.1, -0.05) is 73.0 Å². The number of nitrogens with zero attached hydrogens (tertiary/aromatic N) is 1. The molecule has 26 heavy (non-hydrogen) atoms. The molecule has 1 aliphatic heterocycles. The Balaban J connectivity index is 1.57. The van der Waals surface area contributed by atoms with Crippen molar-refractivity contribution in [1.82, 2.24) is 10.2 Å². The first kappa shape index (κ1) is 19.4. The molecule has 1 aromatic rings. The molecule has 0 radical (unpaired) electrons. The van der Waals surface area contributed by atoms with E-state index in [1.54, 1.807) is 12.1 Å². The summed E-state index contributed by atoms with van der Waals surface area (Å²) in [5.41, 5.74) is 0.782. The highest BCUT2D eigenvalue weighted by Gasteiger charge is 2.32. The van der Waals surface area contributed by atoms with Crippen molar-refractivity contribution >= 4 is 57.8 Å². The van der Waals surface area contributed by atoms with E-state index in [4.69, 9.17) is 23.8 Å². The Kier molecular flexibility index (Phi) is 6.73. The molecule has 3 rings (SSSR count). The Hall–Kier alpha value is -1.37. The maximum atomic E-state index is 12.6. The molecule has 1 N–H and O–H groups in total. The molecule has 7 heteroatoms. The summed E-state index contributed by atoms with van der Waals surface area (Å²) in [7, 11) is 0. The number of thioether (sulfide) groups is 1. The molecule has 1 saturated heterocycles. The zero-order valence-corrected chi connectivity index (χ0v) is 16.8. The normalized spacial score (nSPS) is 20.0. The Morgan fingerprint density at radius 3 is 2.77 bits per heavy atom. The Bertz CT molecular complexity index is 745. The SMILES string of the molecule is O=C(CCN1C(=O)/C(=C/c2ccccc2Cl)SC1=S)NC1CCCCC1. The molecule has 2 aliphatic rings. The van der Waals surface area contributed by atoms with Gasteiger partial charge in [-0.2, -0.15) is 0 Å². The molecule has 0 aromatic heterocycles. The number of carbonyl (C=O) groups is 2. The van der Waals surface area contributed by atoms with E-state index in [0.717, 1.165) is 18.4 Å². The predicted octanol–water partition coefficient (Wildman–Crippen LogP) is 4.38. The molecule has 0 atom stereocenters. The van der Waals surface area contributed by atoms with Gasteiger partial charge in [0.2, 0.25) is 5.91 Å². The van der Waals surface area contributed by atoms with Crippen molar-refractivity contribution < 1.29 is 9.59 Å². The number of nitrogens with one attached hydrogen (secondary N) is 1. The third-order valence-corrected chi connectivity index (χ3v) is 6.32. The van der Waals surface area contributed by atoms with Crippen LogP contribution in [-0.2, 0) is 9.59 Å². The van der Waals surface area contributed by atoms with Crippen LogP contribution in [0.25, 0.3) is 6.08 Å². The van der Waals surface area contributed by atoms with E-state index in [1.165, 1.54) is 35.9 Å². The second-order valence-electron chi connectivity index (χ2n) is 6.51. The fourth-order valence-corrected chi connectivity index (χ4v) is 4.68. The Labute approximate surface area is 168 Å². The predicted molar refractivity (Wildman–Crippen MR) is 111 cm³/mol. The van der Waals surface area contributed by atoms with Gasteiger partial charge in [-0.25, -0.2) is 0 Å². The number of hydrogen-bond donors (Lipinski definition) is 1. The van der Waals surface area contributed by atoms with Crippen LogP contribution in [0.5, 0.6) is 0 Å². The molecule has 1 aromatic carbocycles. The first-order valence-corrected chi connectivity index (χ1v) is 10.4. The molecule has 138 valence electrons. The molecule has 2 amide bonds. The smallest absolute Gasteiger partial charge is 0.266 e. The van der Waals surface area contributed by atoms with Crippen LogP contribution in [-0.4, -0.2) is 33.6 Å². The van der Waals surface area contributed by atoms with Crippen LogP contribution >= 0.6 is 35.6 Å². The molecule has 0 unspecified atom stereocenters. The van der Waals surface area contributed by atoms with Crippen LogP contribution in [0.1, 0.15) is 44.1 Å². The molecule has 1 heterocycles. The van der Waals surface area contributed by atoms with Crippen LogP contribution in [0.4, 0.5) is 0 Å². The van der Waals surface area contributed by atoms with E-state index in [0.29, 0.717) is 20.8 Å². The van der Waals surface area contributed by atoms with Gasteiger partial charge in [0.1, 0.15) is 4.32 Å². The van der Waals surface area contributed by atoms with Crippen molar-refractivity contribution in [2.45, 2.75) is 44.6 Å². The number of benzene rings is 1. The molecule has 1 aliphatic carbocycles. The lowest BCUT2D eigenvalue weighted by molar-refractivity contribution is -0.124. The third kappa shape index (κ3) is 4.87. The number of rotatable bonds is 5. The van der Waals surface area contributed by atoms with E-state index < -0.39 is 0 Å². The van der Waals surface area contributed by atoms with Crippen LogP contribution < -0.4 is 5.32 Å². The van der Waals surface area contributed by atoms with Gasteiger partial charge < -0.3 is 5.32 Å². The van der Waals surface area contributed by atoms with Crippen molar-refractivity contribution in [3.05, 3.63) is 39.8 Å². The lowest BCUT2D eigenvalue weighted by Gasteiger charge is -2.23. The average molecular weight is 409 g/mol. The highest BCUT2D eigenvalue weighted by Crippen LogP contribution is 2.33. The summed E-state index contributed by atoms with van der Waals surface area (Å²) in [6.07, 6.45) is 7.71. The van der Waals surface area contributed by atoms with Crippen LogP contribution in [0, 0.1) is 0 Å². The summed E-state index contributed by atoms with van der Waals surface area (Å²) in [4.78, 5) is 26.8. The number of halogens is 1. The molecule has 0 bridgehead atoms. The van der Waals surface area contributed by atoms with Crippen molar-refractivity contribution in [1.29, 1.82) is 0 Å². The van der Waals surface area contributed by atoms with Crippen molar-refractivity contribution in [2.75, 3.05) is 6.54 Å². The number of amides is 2. The van der Waals surface area contributed by atoms with Gasteiger partial charge in [0, 0.05) is 24.0 Å². The fraction of sp³-hybridized carbons (Fsp3) is 0.421. The van der Waals surface area contributed by atoms with Crippen LogP contribution in [0.3, 0.4) is 0 Å². The maximum Gasteiger partial charge on any atom is 0.266 e. The first-order valence-electron chi connectivity index (χ1n) is 8.84. The van der Waals surface area contributed by atoms with Gasteiger partial charge in [-0.3, -0.25) is 14.5 Å². The minimum absolute atomic E-state index is 0.0129. The second-order valence-corrected chi connectivity index (χ2v) is 8.59. The zero-order chi connectivity index (χ0) is 18.5. The van der Waals surface area contributed by atoms with Gasteiger partial charge in [0.15, 0.2) is 0 Å². The maximum absolute atomic E-state index is 12.6. The van der Waals surface area contributed by atoms with E-state index >= 15 is 0 Å². The third-order valence-electron chi connectivity index (χ3n) is 4.60. The summed E-state index contributed by atoms with van der Waals surface area (Å²) >= 11 is 12.7. The summed E-state index contributed by atoms with van der Waals surface area (Å²) in [5.74, 6) is -0.175. The van der Waals surface area contributed by atoms with E-state index in [9.17, 15) is 9.59 Å². The highest BCUT2D eigenvalue weighted by molar-refractivity contribution is 8.26. The number of thiocarbonyl (C=S) groups is 1. The monoisotopic (exact) mass is 408 g/mol. The van der Waals surface area contributed by atoms with E-state index in [-0.39, 0.29) is 24.3 Å². The zero-order valence-electron chi connectivity index (χ0n) is 14.4. The summed E-state index contributed by atoms with van der Waals surface area (Å²) in [6, 6.07) is 7.63. The molecule has 1 saturated carbocycles. The van der Waals surface area contributed by atoms with Gasteiger partial charge >= 0.3 is 0 Å². The highest BCUT2D eigenvalue weighted by atomic mass is 35.5. The molecule has 0 spiro atoms. The quantitative estimate of drug-likeness (QED) is 0.580. The van der Waals surface area contributed by atoms with Gasteiger partial charge in [-0.05, 0) is 30.5 Å². The molecule has 2 fully saturated rings. The van der Waals surface area contributed by atoms with Gasteiger partial charge in [0.05, 0.1) is 4.91 Å². The minimum Gasteiger partial charge on any atom is -0.353 e. The Morgan fingerprint density at radius 2 is 2.04 bits per heavy atom. The van der Waals surface area contributed by atoms with Gasteiger partial charge in [-0.15, -0.1) is 0 Å². The topological polar surface area (TPSA) is 49.4 Å². The van der Waals surface area contributed by atoms with Crippen LogP contribution in [0.2, 0.25) is 5.02 Å². The summed E-state index contributed by atoms with van der Waals surface area (Å²) in [6.45, 7) is 0.309. The van der Waals surface area contributed by atoms with E-state index in [1.807, 2.05) is 18.2 Å². The average Bonchev–Trinajstić information content (AvgIpc) is 2.89. The first-order chi connectivity index (χ1) is 12.5. The van der Waals surface area contributed by atoms with Gasteiger partial charge in [0.25, 0.3) is 5.91 Å². The van der Waals surface area contributed by atoms with E-state index in [2.05, 4.69) is 5.32 Å². The number of hydrogen-bond acceptors (Lipinski definition) is 4. The van der Waals surface area contributed by atoms with Crippen molar-refractivity contribution in [3.63, 3.8) is 0 Å². The fourth-order valence-electron chi connectivity index (χ4n) is 3.19. The standard InChI is InChI=1S/C19H21ClN2O2S2/c20-15-9-5-4-6-13(15)12-16-18(24)22(19(25)26-16)11-10-17(23)21-14-7-2-1-3-8-14/h4-6,9,12,14H,1-3,7-8,10-11H2,(H,21,23)/b16-12-. The van der Waals surface area contributed by atoms with Crippen LogP contribution in [0.15, 0.2) is 29.2 Å². The van der Waals surface area contributed by atoms with Crippen molar-refractivity contribution in [3.8, 4) is 0 Å². The molecular formula is C19H21ClN2O2S2. The largest absolute Gasteiger partial charge is 0.353 e.